The number of hydrogen-bond donors (Lipinski definition) is 2. The second-order valence-electron chi connectivity index (χ2n) is 5.12. The van der Waals surface area contributed by atoms with Crippen molar-refractivity contribution in [3.8, 4) is 11.5 Å². The van der Waals surface area contributed by atoms with Crippen molar-refractivity contribution < 1.29 is 19.1 Å². The maximum Gasteiger partial charge on any atom is 0.269 e. The van der Waals surface area contributed by atoms with Crippen molar-refractivity contribution in [1.82, 2.24) is 0 Å². The number of hydrogen-bond acceptors (Lipinski definition) is 4. The summed E-state index contributed by atoms with van der Waals surface area (Å²) < 4.78 is 11.2. The highest BCUT2D eigenvalue weighted by molar-refractivity contribution is 5.96. The molecule has 23 heavy (non-hydrogen) atoms. The summed E-state index contributed by atoms with van der Waals surface area (Å²) in [6.45, 7) is 1.57. The van der Waals surface area contributed by atoms with E-state index in [1.54, 1.807) is 36.4 Å². The van der Waals surface area contributed by atoms with Crippen LogP contribution in [-0.4, -0.2) is 24.5 Å². The van der Waals surface area contributed by atoms with Crippen molar-refractivity contribution in [2.75, 3.05) is 17.2 Å². The molecule has 0 radical (unpaired) electrons. The number of fused-ring (bicyclic) bond motifs is 1. The van der Waals surface area contributed by atoms with Crippen LogP contribution in [0.15, 0.2) is 48.5 Å². The highest BCUT2D eigenvalue weighted by atomic mass is 16.6. The molecular weight excluding hydrogens is 296 g/mol. The van der Waals surface area contributed by atoms with Crippen LogP contribution in [-0.2, 0) is 9.59 Å². The molecule has 0 aromatic heterocycles. The van der Waals surface area contributed by atoms with Gasteiger partial charge in [0, 0.05) is 18.3 Å². The fraction of sp³-hybridized carbons (Fsp3) is 0.176. The van der Waals surface area contributed by atoms with E-state index >= 15 is 0 Å². The molecule has 2 amide bonds. The Morgan fingerprint density at radius 3 is 2.43 bits per heavy atom. The first-order valence-corrected chi connectivity index (χ1v) is 7.19. The molecule has 0 bridgehead atoms. The monoisotopic (exact) mass is 312 g/mol. The summed E-state index contributed by atoms with van der Waals surface area (Å²) in [7, 11) is 0. The van der Waals surface area contributed by atoms with Gasteiger partial charge in [-0.05, 0) is 30.3 Å². The molecule has 0 aliphatic carbocycles. The van der Waals surface area contributed by atoms with Crippen molar-refractivity contribution >= 4 is 23.2 Å². The Hall–Kier alpha value is -3.02. The third kappa shape index (κ3) is 3.60. The van der Waals surface area contributed by atoms with Gasteiger partial charge in [0.05, 0.1) is 0 Å². The molecule has 6 heteroatoms. The lowest BCUT2D eigenvalue weighted by atomic mass is 10.2. The summed E-state index contributed by atoms with van der Waals surface area (Å²) in [6.07, 6.45) is -0.727. The number of benzene rings is 2. The molecule has 2 N–H and O–H groups in total. The predicted molar refractivity (Wildman–Crippen MR) is 85.7 cm³/mol. The summed E-state index contributed by atoms with van der Waals surface area (Å²) in [4.78, 5) is 23.4. The van der Waals surface area contributed by atoms with Crippen molar-refractivity contribution in [2.45, 2.75) is 13.0 Å². The summed E-state index contributed by atoms with van der Waals surface area (Å²) in [5.74, 6) is 0.698. The Morgan fingerprint density at radius 1 is 1.00 bits per heavy atom. The number of ether oxygens (including phenoxy) is 2. The fourth-order valence-electron chi connectivity index (χ4n) is 2.25. The van der Waals surface area contributed by atoms with Gasteiger partial charge >= 0.3 is 0 Å². The average Bonchev–Trinajstić information content (AvgIpc) is 2.54. The quantitative estimate of drug-likeness (QED) is 0.912. The van der Waals surface area contributed by atoms with E-state index in [1.165, 1.54) is 6.92 Å². The van der Waals surface area contributed by atoms with Gasteiger partial charge in [0.2, 0.25) is 12.0 Å². The molecule has 0 saturated carbocycles. The molecule has 1 atom stereocenters. The zero-order valence-corrected chi connectivity index (χ0v) is 12.5. The maximum absolute atomic E-state index is 12.3. The van der Waals surface area contributed by atoms with Gasteiger partial charge in [-0.15, -0.1) is 0 Å². The lowest BCUT2D eigenvalue weighted by Gasteiger charge is -2.25. The molecule has 1 aliphatic heterocycles. The van der Waals surface area contributed by atoms with Crippen molar-refractivity contribution in [3.05, 3.63) is 48.5 Å². The minimum absolute atomic E-state index is 0.147. The second-order valence-corrected chi connectivity index (χ2v) is 5.12. The standard InChI is InChI=1S/C17H16N2O4/c1-11(20)18-12-5-4-6-13(9-12)19-17(21)16-10-22-14-7-2-3-8-15(14)23-16/h2-9,16H,10H2,1H3,(H,18,20)(H,19,21). The van der Waals surface area contributed by atoms with E-state index in [2.05, 4.69) is 10.6 Å². The predicted octanol–water partition coefficient (Wildman–Crippen LogP) is 2.42. The number of anilines is 2. The molecule has 0 fully saturated rings. The highest BCUT2D eigenvalue weighted by Crippen LogP contribution is 2.31. The van der Waals surface area contributed by atoms with Crippen LogP contribution in [0.1, 0.15) is 6.92 Å². The zero-order chi connectivity index (χ0) is 16.2. The molecule has 1 unspecified atom stereocenters. The summed E-state index contributed by atoms with van der Waals surface area (Å²) in [6, 6.07) is 14.1. The summed E-state index contributed by atoms with van der Waals surface area (Å²) in [5, 5.41) is 5.43. The number of para-hydroxylation sites is 2. The largest absolute Gasteiger partial charge is 0.485 e. The number of carbonyl (C=O) groups excluding carboxylic acids is 2. The van der Waals surface area contributed by atoms with Crippen LogP contribution in [0.2, 0.25) is 0 Å². The third-order valence-corrected chi connectivity index (χ3v) is 3.25. The lowest BCUT2D eigenvalue weighted by Crippen LogP contribution is -2.40. The van der Waals surface area contributed by atoms with Gasteiger partial charge in [-0.25, -0.2) is 0 Å². The van der Waals surface area contributed by atoms with Crippen LogP contribution in [0.3, 0.4) is 0 Å². The Morgan fingerprint density at radius 2 is 1.70 bits per heavy atom. The molecule has 0 saturated heterocycles. The van der Waals surface area contributed by atoms with Crippen LogP contribution < -0.4 is 20.1 Å². The third-order valence-electron chi connectivity index (χ3n) is 3.25. The van der Waals surface area contributed by atoms with Crippen molar-refractivity contribution in [2.24, 2.45) is 0 Å². The van der Waals surface area contributed by atoms with Crippen molar-refractivity contribution in [3.63, 3.8) is 0 Å². The molecule has 2 aromatic rings. The van der Waals surface area contributed by atoms with Gasteiger partial charge in [0.25, 0.3) is 5.91 Å². The van der Waals surface area contributed by atoms with Gasteiger partial charge < -0.3 is 20.1 Å². The van der Waals surface area contributed by atoms with E-state index in [-0.39, 0.29) is 18.4 Å². The summed E-state index contributed by atoms with van der Waals surface area (Å²) >= 11 is 0. The molecule has 6 nitrogen and oxygen atoms in total. The van der Waals surface area contributed by atoms with E-state index < -0.39 is 6.10 Å². The minimum Gasteiger partial charge on any atom is -0.485 e. The molecule has 3 rings (SSSR count). The van der Waals surface area contributed by atoms with E-state index in [1.807, 2.05) is 12.1 Å². The first-order chi connectivity index (χ1) is 11.1. The van der Waals surface area contributed by atoms with Crippen LogP contribution >= 0.6 is 0 Å². The molecule has 118 valence electrons. The van der Waals surface area contributed by atoms with Gasteiger partial charge in [-0.1, -0.05) is 18.2 Å². The second kappa shape index (κ2) is 6.39. The Labute approximate surface area is 133 Å². The normalized spacial score (nSPS) is 15.6. The Kier molecular flexibility index (Phi) is 4.14. The van der Waals surface area contributed by atoms with Crippen molar-refractivity contribution in [1.29, 1.82) is 0 Å². The lowest BCUT2D eigenvalue weighted by molar-refractivity contribution is -0.125. The fourth-order valence-corrected chi connectivity index (χ4v) is 2.25. The molecule has 2 aromatic carbocycles. The smallest absolute Gasteiger partial charge is 0.269 e. The summed E-state index contributed by atoms with van der Waals surface area (Å²) in [5.41, 5.74) is 1.19. The number of rotatable bonds is 3. The molecular formula is C17H16N2O4. The van der Waals surface area contributed by atoms with Gasteiger partial charge in [-0.3, -0.25) is 9.59 Å². The van der Waals surface area contributed by atoms with Crippen LogP contribution in [0.25, 0.3) is 0 Å². The minimum atomic E-state index is -0.727. The average molecular weight is 312 g/mol. The maximum atomic E-state index is 12.3. The molecule has 1 aliphatic rings. The number of amides is 2. The van der Waals surface area contributed by atoms with E-state index in [0.717, 1.165) is 0 Å². The van der Waals surface area contributed by atoms with Gasteiger partial charge in [-0.2, -0.15) is 0 Å². The van der Waals surface area contributed by atoms with Crippen LogP contribution in [0.4, 0.5) is 11.4 Å². The van der Waals surface area contributed by atoms with Gasteiger partial charge in [0.15, 0.2) is 11.5 Å². The first kappa shape index (κ1) is 14.9. The zero-order valence-electron chi connectivity index (χ0n) is 12.5. The van der Waals surface area contributed by atoms with Crippen LogP contribution in [0, 0.1) is 0 Å². The van der Waals surface area contributed by atoms with E-state index in [4.69, 9.17) is 9.47 Å². The SMILES string of the molecule is CC(=O)Nc1cccc(NC(=O)C2COc3ccccc3O2)c1. The number of nitrogens with one attached hydrogen (secondary N) is 2. The Balaban J connectivity index is 1.67. The first-order valence-electron chi connectivity index (χ1n) is 7.19. The van der Waals surface area contributed by atoms with Gasteiger partial charge in [0.1, 0.15) is 6.61 Å². The van der Waals surface area contributed by atoms with E-state index in [0.29, 0.717) is 22.9 Å². The number of carbonyl (C=O) groups is 2. The van der Waals surface area contributed by atoms with Crippen LogP contribution in [0.5, 0.6) is 11.5 Å². The Bertz CT molecular complexity index is 745. The van der Waals surface area contributed by atoms with E-state index in [9.17, 15) is 9.59 Å². The topological polar surface area (TPSA) is 76.7 Å². The molecule has 0 spiro atoms. The molecule has 1 heterocycles. The highest BCUT2D eigenvalue weighted by Gasteiger charge is 2.27.